The number of rotatable bonds is 3. The highest BCUT2D eigenvalue weighted by atomic mass is 19.1. The number of hydrogen-bond donors (Lipinski definition) is 2. The summed E-state index contributed by atoms with van der Waals surface area (Å²) < 4.78 is 26.5. The van der Waals surface area contributed by atoms with Gasteiger partial charge in [0.2, 0.25) is 0 Å². The van der Waals surface area contributed by atoms with Crippen LogP contribution in [0.3, 0.4) is 0 Å². The fraction of sp³-hybridized carbons (Fsp3) is 0.353. The zero-order chi connectivity index (χ0) is 17.8. The first-order valence-electron chi connectivity index (χ1n) is 8.06. The lowest BCUT2D eigenvalue weighted by atomic mass is 10.1. The Hall–Kier alpha value is -2.61. The Kier molecular flexibility index (Phi) is 5.18. The quantitative estimate of drug-likeness (QED) is 0.896. The van der Waals surface area contributed by atoms with Gasteiger partial charge in [-0.2, -0.15) is 0 Å². The molecule has 1 fully saturated rings. The molecule has 2 aromatic rings. The van der Waals surface area contributed by atoms with E-state index in [1.165, 1.54) is 12.4 Å². The molecule has 2 amide bonds. The summed E-state index contributed by atoms with van der Waals surface area (Å²) in [5.74, 6) is -1.21. The van der Waals surface area contributed by atoms with Crippen molar-refractivity contribution in [2.75, 3.05) is 25.5 Å². The molecule has 6 nitrogen and oxygen atoms in total. The molecule has 0 bridgehead atoms. The number of anilines is 1. The normalized spacial score (nSPS) is 15.0. The van der Waals surface area contributed by atoms with Crippen LogP contribution >= 0.6 is 0 Å². The number of carbonyl (C=O) groups excluding carboxylic acids is 1. The van der Waals surface area contributed by atoms with Gasteiger partial charge in [-0.1, -0.05) is 0 Å². The summed E-state index contributed by atoms with van der Waals surface area (Å²) in [5.41, 5.74) is 0.661. The van der Waals surface area contributed by atoms with Crippen LogP contribution in [-0.2, 0) is 0 Å². The number of nitrogens with one attached hydrogen (secondary N) is 2. The van der Waals surface area contributed by atoms with Gasteiger partial charge < -0.3 is 15.5 Å². The Balaban J connectivity index is 1.66. The highest BCUT2D eigenvalue weighted by molar-refractivity contribution is 5.89. The fourth-order valence-corrected chi connectivity index (χ4v) is 2.80. The lowest BCUT2D eigenvalue weighted by Gasteiger charge is -2.31. The molecule has 2 heterocycles. The minimum absolute atomic E-state index is 0.183. The van der Waals surface area contributed by atoms with Crippen molar-refractivity contribution in [2.45, 2.75) is 18.9 Å². The van der Waals surface area contributed by atoms with Crippen molar-refractivity contribution < 1.29 is 13.6 Å². The second kappa shape index (κ2) is 7.52. The molecule has 0 unspecified atom stereocenters. The Morgan fingerprint density at radius 1 is 1.16 bits per heavy atom. The Morgan fingerprint density at radius 2 is 1.76 bits per heavy atom. The zero-order valence-electron chi connectivity index (χ0n) is 13.8. The van der Waals surface area contributed by atoms with Crippen LogP contribution in [0.25, 0.3) is 11.4 Å². The van der Waals surface area contributed by atoms with Crippen molar-refractivity contribution in [2.24, 2.45) is 0 Å². The minimum Gasteiger partial charge on any atom is -0.325 e. The van der Waals surface area contributed by atoms with Crippen LogP contribution in [0.2, 0.25) is 0 Å². The first kappa shape index (κ1) is 17.2. The summed E-state index contributed by atoms with van der Waals surface area (Å²) in [4.78, 5) is 22.1. The molecule has 1 aliphatic rings. The van der Waals surface area contributed by atoms with E-state index >= 15 is 0 Å². The predicted molar refractivity (Wildman–Crippen MR) is 90.1 cm³/mol. The van der Waals surface area contributed by atoms with E-state index in [-0.39, 0.29) is 23.5 Å². The zero-order valence-corrected chi connectivity index (χ0v) is 13.8. The molecule has 8 heteroatoms. The van der Waals surface area contributed by atoms with Gasteiger partial charge in [-0.15, -0.1) is 0 Å². The summed E-state index contributed by atoms with van der Waals surface area (Å²) >= 11 is 0. The van der Waals surface area contributed by atoms with Crippen molar-refractivity contribution in [3.05, 3.63) is 42.2 Å². The number of hydrogen-bond acceptors (Lipinski definition) is 4. The molecule has 1 aromatic carbocycles. The maximum absolute atomic E-state index is 13.3. The highest BCUT2D eigenvalue weighted by Crippen LogP contribution is 2.19. The van der Waals surface area contributed by atoms with Gasteiger partial charge >= 0.3 is 6.03 Å². The van der Waals surface area contributed by atoms with Crippen molar-refractivity contribution in [3.8, 4) is 11.4 Å². The van der Waals surface area contributed by atoms with Crippen molar-refractivity contribution in [1.82, 2.24) is 20.2 Å². The molecule has 1 aromatic heterocycles. The van der Waals surface area contributed by atoms with Crippen molar-refractivity contribution in [3.63, 3.8) is 0 Å². The molecule has 0 spiro atoms. The van der Waals surface area contributed by atoms with E-state index in [2.05, 4.69) is 20.6 Å². The van der Waals surface area contributed by atoms with E-state index in [9.17, 15) is 13.6 Å². The van der Waals surface area contributed by atoms with Gasteiger partial charge in [-0.3, -0.25) is 0 Å². The van der Waals surface area contributed by atoms with Crippen molar-refractivity contribution in [1.29, 1.82) is 0 Å². The third-order valence-electron chi connectivity index (χ3n) is 4.20. The van der Waals surface area contributed by atoms with Crippen LogP contribution < -0.4 is 10.6 Å². The first-order chi connectivity index (χ1) is 12.0. The number of amides is 2. The molecule has 0 aliphatic carbocycles. The summed E-state index contributed by atoms with van der Waals surface area (Å²) in [6.07, 6.45) is 4.65. The number of halogens is 2. The van der Waals surface area contributed by atoms with Gasteiger partial charge in [0.15, 0.2) is 5.82 Å². The highest BCUT2D eigenvalue weighted by Gasteiger charge is 2.22. The average Bonchev–Trinajstić information content (AvgIpc) is 2.61. The smallest absolute Gasteiger partial charge is 0.321 e. The van der Waals surface area contributed by atoms with E-state index in [4.69, 9.17) is 0 Å². The summed E-state index contributed by atoms with van der Waals surface area (Å²) in [6, 6.07) is 3.05. The van der Waals surface area contributed by atoms with Crippen molar-refractivity contribution >= 4 is 11.7 Å². The second-order valence-electron chi connectivity index (χ2n) is 5.98. The van der Waals surface area contributed by atoms with E-state index in [0.29, 0.717) is 5.69 Å². The van der Waals surface area contributed by atoms with Gasteiger partial charge in [0.25, 0.3) is 0 Å². The molecule has 1 aliphatic heterocycles. The second-order valence-corrected chi connectivity index (χ2v) is 5.98. The molecule has 0 atom stereocenters. The SMILES string of the molecule is CN(C(=O)Nc1cnc(-c2cc(F)cc(F)c2)nc1)C1CCNCC1. The topological polar surface area (TPSA) is 70.2 Å². The van der Waals surface area contributed by atoms with Gasteiger partial charge in [0.1, 0.15) is 11.6 Å². The molecule has 1 saturated heterocycles. The number of nitrogens with zero attached hydrogens (tertiary/aromatic N) is 3. The molecule has 0 saturated carbocycles. The Morgan fingerprint density at radius 3 is 2.36 bits per heavy atom. The maximum atomic E-state index is 13.3. The van der Waals surface area contributed by atoms with E-state index < -0.39 is 11.6 Å². The Bertz CT molecular complexity index is 727. The summed E-state index contributed by atoms with van der Waals surface area (Å²) in [7, 11) is 1.76. The predicted octanol–water partition coefficient (Wildman–Crippen LogP) is 2.64. The van der Waals surface area contributed by atoms with Crippen LogP contribution in [-0.4, -0.2) is 47.1 Å². The monoisotopic (exact) mass is 347 g/mol. The average molecular weight is 347 g/mol. The van der Waals surface area contributed by atoms with E-state index in [1.54, 1.807) is 11.9 Å². The molecule has 3 rings (SSSR count). The summed E-state index contributed by atoms with van der Waals surface area (Å²) in [5, 5.41) is 5.99. The van der Waals surface area contributed by atoms with Gasteiger partial charge in [0.05, 0.1) is 18.1 Å². The van der Waals surface area contributed by atoms with Crippen LogP contribution in [0.4, 0.5) is 19.3 Å². The molecule has 132 valence electrons. The van der Waals surface area contributed by atoms with E-state index in [1.807, 2.05) is 0 Å². The van der Waals surface area contributed by atoms with Crippen LogP contribution in [0.5, 0.6) is 0 Å². The third kappa shape index (κ3) is 4.27. The van der Waals surface area contributed by atoms with Crippen LogP contribution in [0, 0.1) is 11.6 Å². The summed E-state index contributed by atoms with van der Waals surface area (Å²) in [6.45, 7) is 1.79. The Labute approximate surface area is 144 Å². The number of urea groups is 1. The first-order valence-corrected chi connectivity index (χ1v) is 8.06. The van der Waals surface area contributed by atoms with Gasteiger partial charge in [-0.25, -0.2) is 23.5 Å². The number of benzene rings is 1. The minimum atomic E-state index is -0.695. The number of piperidine rings is 1. The largest absolute Gasteiger partial charge is 0.325 e. The number of aromatic nitrogens is 2. The molecule has 2 N–H and O–H groups in total. The fourth-order valence-electron chi connectivity index (χ4n) is 2.80. The molecular weight excluding hydrogens is 328 g/mol. The van der Waals surface area contributed by atoms with Crippen LogP contribution in [0.15, 0.2) is 30.6 Å². The van der Waals surface area contributed by atoms with Crippen LogP contribution in [0.1, 0.15) is 12.8 Å². The maximum Gasteiger partial charge on any atom is 0.321 e. The standard InChI is InChI=1S/C17H19F2N5O/c1-24(15-2-4-20-5-3-15)17(25)23-14-9-21-16(22-10-14)11-6-12(18)8-13(19)7-11/h6-10,15,20H,2-5H2,1H3,(H,23,25). The number of carbonyl (C=O) groups is 1. The van der Waals surface area contributed by atoms with E-state index in [0.717, 1.165) is 44.1 Å². The molecule has 25 heavy (non-hydrogen) atoms. The third-order valence-corrected chi connectivity index (χ3v) is 4.20. The molecular formula is C17H19F2N5O. The van der Waals surface area contributed by atoms with Gasteiger partial charge in [-0.05, 0) is 38.1 Å². The lowest BCUT2D eigenvalue weighted by molar-refractivity contribution is 0.189. The van der Waals surface area contributed by atoms with Gasteiger partial charge in [0, 0.05) is 24.7 Å². The molecule has 0 radical (unpaired) electrons. The lowest BCUT2D eigenvalue weighted by Crippen LogP contribution is -2.45.